The molecule has 1 aromatic rings. The lowest BCUT2D eigenvalue weighted by Crippen LogP contribution is -2.31. The molecule has 1 atom stereocenters. The van der Waals surface area contributed by atoms with Crippen LogP contribution in [0.25, 0.3) is 0 Å². The Morgan fingerprint density at radius 1 is 1.53 bits per heavy atom. The van der Waals surface area contributed by atoms with E-state index < -0.39 is 6.10 Å². The predicted octanol–water partition coefficient (Wildman–Crippen LogP) is 0.221. The number of aliphatic hydroxyl groups excluding tert-OH is 1. The molecule has 4 nitrogen and oxygen atoms in total. The van der Waals surface area contributed by atoms with Gasteiger partial charge in [0.15, 0.2) is 0 Å². The minimum Gasteiger partial charge on any atom is -0.389 e. The number of nitrogens with zero attached hydrogens (tertiary/aromatic N) is 1. The Kier molecular flexibility index (Phi) is 5.92. The number of methoxy groups -OCH3 is 1. The number of aliphatic hydroxyl groups is 1. The zero-order chi connectivity index (χ0) is 10.9. The molecule has 0 aliphatic heterocycles. The van der Waals surface area contributed by atoms with Gasteiger partial charge >= 0.3 is 0 Å². The second-order valence-electron chi connectivity index (χ2n) is 3.38. The van der Waals surface area contributed by atoms with E-state index in [0.717, 1.165) is 18.7 Å². The second-order valence-corrected chi connectivity index (χ2v) is 3.38. The van der Waals surface area contributed by atoms with Crippen LogP contribution in [0.15, 0.2) is 24.4 Å². The molecular weight excluding hydrogens is 192 g/mol. The third-order valence-corrected chi connectivity index (χ3v) is 2.02. The molecule has 0 fully saturated rings. The average molecular weight is 210 g/mol. The minimum atomic E-state index is -0.432. The van der Waals surface area contributed by atoms with Gasteiger partial charge in [-0.3, -0.25) is 4.98 Å². The van der Waals surface area contributed by atoms with Crippen molar-refractivity contribution in [2.45, 2.75) is 12.5 Å². The molecule has 4 heteroatoms. The van der Waals surface area contributed by atoms with Crippen LogP contribution in [0.4, 0.5) is 0 Å². The molecule has 0 radical (unpaired) electrons. The molecule has 15 heavy (non-hydrogen) atoms. The Morgan fingerprint density at radius 3 is 3.07 bits per heavy atom. The fourth-order valence-electron chi connectivity index (χ4n) is 1.28. The Balaban J connectivity index is 2.07. The maximum absolute atomic E-state index is 9.34. The highest BCUT2D eigenvalue weighted by molar-refractivity contribution is 5.03. The zero-order valence-electron chi connectivity index (χ0n) is 9.02. The first-order valence-corrected chi connectivity index (χ1v) is 5.10. The van der Waals surface area contributed by atoms with E-state index in [4.69, 9.17) is 4.74 Å². The molecule has 0 aliphatic rings. The molecule has 84 valence electrons. The van der Waals surface area contributed by atoms with E-state index in [1.807, 2.05) is 18.2 Å². The largest absolute Gasteiger partial charge is 0.389 e. The lowest BCUT2D eigenvalue weighted by Gasteiger charge is -2.10. The van der Waals surface area contributed by atoms with E-state index >= 15 is 0 Å². The lowest BCUT2D eigenvalue weighted by molar-refractivity contribution is 0.0648. The van der Waals surface area contributed by atoms with Crippen molar-refractivity contribution in [3.05, 3.63) is 30.1 Å². The molecular formula is C11H18N2O2. The van der Waals surface area contributed by atoms with Crippen LogP contribution in [0.1, 0.15) is 5.69 Å². The lowest BCUT2D eigenvalue weighted by atomic mass is 10.2. The first kappa shape index (κ1) is 12.1. The normalized spacial score (nSPS) is 12.7. The van der Waals surface area contributed by atoms with Crippen molar-refractivity contribution >= 4 is 0 Å². The zero-order valence-corrected chi connectivity index (χ0v) is 9.02. The van der Waals surface area contributed by atoms with E-state index in [9.17, 15) is 5.11 Å². The first-order chi connectivity index (χ1) is 7.33. The molecule has 1 aromatic heterocycles. The number of ether oxygens (including phenoxy) is 1. The smallest absolute Gasteiger partial charge is 0.0897 e. The number of rotatable bonds is 7. The molecule has 0 spiro atoms. The van der Waals surface area contributed by atoms with Crippen molar-refractivity contribution in [3.63, 3.8) is 0 Å². The molecule has 2 N–H and O–H groups in total. The summed E-state index contributed by atoms with van der Waals surface area (Å²) in [5.74, 6) is 0. The topological polar surface area (TPSA) is 54.4 Å². The third-order valence-electron chi connectivity index (χ3n) is 2.02. The van der Waals surface area contributed by atoms with E-state index in [1.165, 1.54) is 0 Å². The van der Waals surface area contributed by atoms with Crippen molar-refractivity contribution in [2.75, 3.05) is 26.8 Å². The summed E-state index contributed by atoms with van der Waals surface area (Å²) in [5.41, 5.74) is 1.06. The quantitative estimate of drug-likeness (QED) is 0.632. The summed E-state index contributed by atoms with van der Waals surface area (Å²) in [7, 11) is 1.58. The molecule has 0 saturated carbocycles. The van der Waals surface area contributed by atoms with Crippen LogP contribution in [0, 0.1) is 0 Å². The SMILES string of the molecule is COC[C@H](O)CNCCc1ccccn1. The number of aromatic nitrogens is 1. The van der Waals surface area contributed by atoms with Crippen molar-refractivity contribution in [2.24, 2.45) is 0 Å². The first-order valence-electron chi connectivity index (χ1n) is 5.10. The predicted molar refractivity (Wildman–Crippen MR) is 58.7 cm³/mol. The molecule has 0 aromatic carbocycles. The van der Waals surface area contributed by atoms with Crippen molar-refractivity contribution in [1.29, 1.82) is 0 Å². The maximum atomic E-state index is 9.34. The Morgan fingerprint density at radius 2 is 2.40 bits per heavy atom. The van der Waals surface area contributed by atoms with Gasteiger partial charge < -0.3 is 15.2 Å². The van der Waals surface area contributed by atoms with Gasteiger partial charge in [-0.05, 0) is 12.1 Å². The van der Waals surface area contributed by atoms with Crippen LogP contribution in [0.5, 0.6) is 0 Å². The highest BCUT2D eigenvalue weighted by Crippen LogP contribution is 1.93. The standard InChI is InChI=1S/C11H18N2O2/c1-15-9-11(14)8-12-7-5-10-4-2-3-6-13-10/h2-4,6,11-12,14H,5,7-9H2,1H3/t11-/m1/s1. The van der Waals surface area contributed by atoms with Crippen LogP contribution in [-0.2, 0) is 11.2 Å². The monoisotopic (exact) mass is 210 g/mol. The summed E-state index contributed by atoms with van der Waals surface area (Å²) in [5, 5.41) is 12.5. The number of pyridine rings is 1. The molecule has 0 saturated heterocycles. The summed E-state index contributed by atoms with van der Waals surface area (Å²) in [6, 6.07) is 5.87. The van der Waals surface area contributed by atoms with Gasteiger partial charge in [0.2, 0.25) is 0 Å². The van der Waals surface area contributed by atoms with Gasteiger partial charge in [-0.2, -0.15) is 0 Å². The third kappa shape index (κ3) is 5.47. The number of hydrogen-bond acceptors (Lipinski definition) is 4. The van der Waals surface area contributed by atoms with Crippen LogP contribution in [0.3, 0.4) is 0 Å². The van der Waals surface area contributed by atoms with Crippen molar-refractivity contribution in [1.82, 2.24) is 10.3 Å². The van der Waals surface area contributed by atoms with Crippen molar-refractivity contribution < 1.29 is 9.84 Å². The van der Waals surface area contributed by atoms with Gasteiger partial charge in [-0.1, -0.05) is 6.07 Å². The molecule has 0 unspecified atom stereocenters. The van der Waals surface area contributed by atoms with Gasteiger partial charge in [0, 0.05) is 38.5 Å². The van der Waals surface area contributed by atoms with Gasteiger partial charge in [0.25, 0.3) is 0 Å². The van der Waals surface area contributed by atoms with Crippen LogP contribution < -0.4 is 5.32 Å². The molecule has 1 heterocycles. The van der Waals surface area contributed by atoms with Crippen molar-refractivity contribution in [3.8, 4) is 0 Å². The number of hydrogen-bond donors (Lipinski definition) is 2. The summed E-state index contributed by atoms with van der Waals surface area (Å²) in [6.45, 7) is 1.75. The Hall–Kier alpha value is -0.970. The van der Waals surface area contributed by atoms with E-state index in [1.54, 1.807) is 13.3 Å². The Bertz CT molecular complexity index is 254. The maximum Gasteiger partial charge on any atom is 0.0897 e. The fraction of sp³-hybridized carbons (Fsp3) is 0.545. The Labute approximate surface area is 90.3 Å². The van der Waals surface area contributed by atoms with Crippen LogP contribution in [0.2, 0.25) is 0 Å². The highest BCUT2D eigenvalue weighted by atomic mass is 16.5. The minimum absolute atomic E-state index is 0.372. The van der Waals surface area contributed by atoms with Gasteiger partial charge in [-0.15, -0.1) is 0 Å². The molecule has 0 aliphatic carbocycles. The summed E-state index contributed by atoms with van der Waals surface area (Å²) >= 11 is 0. The molecule has 0 amide bonds. The average Bonchev–Trinajstić information content (AvgIpc) is 2.26. The van der Waals surface area contributed by atoms with Gasteiger partial charge in [0.1, 0.15) is 0 Å². The van der Waals surface area contributed by atoms with Gasteiger partial charge in [-0.25, -0.2) is 0 Å². The summed E-state index contributed by atoms with van der Waals surface area (Å²) < 4.78 is 4.82. The molecule has 1 rings (SSSR count). The number of nitrogens with one attached hydrogen (secondary N) is 1. The van der Waals surface area contributed by atoms with E-state index in [2.05, 4.69) is 10.3 Å². The molecule has 0 bridgehead atoms. The summed E-state index contributed by atoms with van der Waals surface area (Å²) in [4.78, 5) is 4.20. The van der Waals surface area contributed by atoms with Crippen LogP contribution in [-0.4, -0.2) is 43.0 Å². The highest BCUT2D eigenvalue weighted by Gasteiger charge is 2.01. The fourth-order valence-corrected chi connectivity index (χ4v) is 1.28. The van der Waals surface area contributed by atoms with Gasteiger partial charge in [0.05, 0.1) is 12.7 Å². The van der Waals surface area contributed by atoms with E-state index in [-0.39, 0.29) is 0 Å². The van der Waals surface area contributed by atoms with E-state index in [0.29, 0.717) is 13.2 Å². The second kappa shape index (κ2) is 7.34. The van der Waals surface area contributed by atoms with Crippen LogP contribution >= 0.6 is 0 Å². The summed E-state index contributed by atoms with van der Waals surface area (Å²) in [6.07, 6.45) is 2.23.